The zero-order chi connectivity index (χ0) is 78.9. The minimum atomic E-state index is -5.02. The van der Waals surface area contributed by atoms with Crippen LogP contribution in [0.25, 0.3) is 0 Å². The van der Waals surface area contributed by atoms with E-state index in [1.165, 1.54) is 57.8 Å². The summed E-state index contributed by atoms with van der Waals surface area (Å²) in [5, 5.41) is 10.6. The fourth-order valence-electron chi connectivity index (χ4n) is 9.85. The van der Waals surface area contributed by atoms with E-state index in [1.807, 2.05) is 42.5 Å². The van der Waals surface area contributed by atoms with Crippen LogP contribution in [0, 0.1) is 0 Å². The molecule has 3 N–H and O–H groups in total. The van der Waals surface area contributed by atoms with Gasteiger partial charge >= 0.3 is 39.5 Å². The molecule has 19 heteroatoms. The fraction of sp³-hybridized carbons (Fsp3) is 0.596. The van der Waals surface area contributed by atoms with Crippen molar-refractivity contribution in [3.63, 3.8) is 0 Å². The molecule has 5 atom stereocenters. The Morgan fingerprint density at radius 1 is 0.269 bits per heavy atom. The second-order valence-electron chi connectivity index (χ2n) is 26.3. The molecule has 0 aromatic rings. The molecule has 2 unspecified atom stereocenters. The minimum Gasteiger partial charge on any atom is -0.462 e. The van der Waals surface area contributed by atoms with Gasteiger partial charge in [0.05, 0.1) is 26.4 Å². The normalized spacial score (nSPS) is 14.8. The summed E-state index contributed by atoms with van der Waals surface area (Å²) in [6, 6.07) is 0. The molecule has 0 bridgehead atoms. The molecule has 108 heavy (non-hydrogen) atoms. The van der Waals surface area contributed by atoms with Gasteiger partial charge in [-0.3, -0.25) is 37.3 Å². The summed E-state index contributed by atoms with van der Waals surface area (Å²) < 4.78 is 68.4. The molecular weight excluding hydrogens is 1400 g/mol. The first-order valence-electron chi connectivity index (χ1n) is 40.7. The van der Waals surface area contributed by atoms with Crippen LogP contribution in [0.1, 0.15) is 285 Å². The second kappa shape index (κ2) is 79.0. The monoisotopic (exact) mass is 1540 g/mol. The summed E-state index contributed by atoms with van der Waals surface area (Å²) in [4.78, 5) is 73.0. The van der Waals surface area contributed by atoms with Crippen molar-refractivity contribution in [2.24, 2.45) is 0 Å². The fourth-order valence-corrected chi connectivity index (χ4v) is 11.4. The molecule has 0 radical (unpaired) electrons. The Kier molecular flexibility index (Phi) is 74.5. The molecular formula is C89H142O17P2. The van der Waals surface area contributed by atoms with Crippen LogP contribution in [-0.2, 0) is 65.4 Å². The van der Waals surface area contributed by atoms with Crippen molar-refractivity contribution in [1.29, 1.82) is 0 Å². The standard InChI is InChI=1S/C89H142O17P2/c1-5-9-13-17-21-25-29-33-37-40-41-44-48-52-56-60-64-68-72-76-89(94)106-84(79-99-86(91)73-69-65-61-57-53-49-45-36-32-28-24-20-16-12-8-4)81-103-107(95,96)101-77-83(90)78-102-108(97,98)104-82-85(105-88(93)75-71-67-63-59-55-51-47-43-39-35-31-27-23-19-15-11-7-3)80-100-87(92)74-70-66-62-58-54-50-46-42-38-34-30-26-22-18-14-10-6-2/h9,13,21-28,33-39,41,44-47,50-52,56,58-59,62-64,68,83-85,90H,5-8,10-12,14-20,29-32,40,42-43,48-49,53-55,57,60-61,65-67,69-82H2,1-4H3,(H,95,96)(H,97,98)/b13-9-,25-21-,26-22-,27-23-,28-24-,37-33-,38-34-,39-35-,44-41-,45-36-,50-46-,51-47-,56-52-,62-58-,63-59-,68-64-/t83-,84+,85+/m0/s1. The van der Waals surface area contributed by atoms with Gasteiger partial charge in [-0.1, -0.05) is 280 Å². The van der Waals surface area contributed by atoms with Crippen molar-refractivity contribution < 1.29 is 80.2 Å². The summed E-state index contributed by atoms with van der Waals surface area (Å²) in [5.74, 6) is -2.44. The molecule has 0 aliphatic rings. The molecule has 0 saturated heterocycles. The van der Waals surface area contributed by atoms with Gasteiger partial charge in [-0.15, -0.1) is 0 Å². The molecule has 0 fully saturated rings. The zero-order valence-electron chi connectivity index (χ0n) is 66.7. The van der Waals surface area contributed by atoms with Gasteiger partial charge in [0.15, 0.2) is 12.2 Å². The highest BCUT2D eigenvalue weighted by atomic mass is 31.2. The first kappa shape index (κ1) is 102. The van der Waals surface area contributed by atoms with E-state index in [0.29, 0.717) is 44.9 Å². The van der Waals surface area contributed by atoms with Gasteiger partial charge < -0.3 is 33.8 Å². The number of hydrogen-bond donors (Lipinski definition) is 3. The molecule has 17 nitrogen and oxygen atoms in total. The van der Waals surface area contributed by atoms with E-state index < -0.39 is 97.5 Å². The van der Waals surface area contributed by atoms with Crippen LogP contribution < -0.4 is 0 Å². The number of esters is 4. The lowest BCUT2D eigenvalue weighted by Crippen LogP contribution is -2.30. The largest absolute Gasteiger partial charge is 0.472 e. The molecule has 0 aliphatic carbocycles. The number of aliphatic hydroxyl groups is 1. The molecule has 0 aromatic heterocycles. The second-order valence-corrected chi connectivity index (χ2v) is 29.2. The number of allylic oxidation sites excluding steroid dienone is 32. The molecule has 0 saturated carbocycles. The maximum absolute atomic E-state index is 13.1. The molecule has 0 amide bonds. The molecule has 0 aliphatic heterocycles. The highest BCUT2D eigenvalue weighted by molar-refractivity contribution is 7.47. The van der Waals surface area contributed by atoms with E-state index in [1.54, 1.807) is 0 Å². The average Bonchev–Trinajstić information content (AvgIpc) is 0.907. The maximum Gasteiger partial charge on any atom is 0.472 e. The summed E-state index contributed by atoms with van der Waals surface area (Å²) >= 11 is 0. The predicted molar refractivity (Wildman–Crippen MR) is 445 cm³/mol. The third kappa shape index (κ3) is 78.0. The van der Waals surface area contributed by atoms with Crippen LogP contribution in [0.5, 0.6) is 0 Å². The van der Waals surface area contributed by atoms with E-state index in [-0.39, 0.29) is 25.7 Å². The third-order valence-corrected chi connectivity index (χ3v) is 17.9. The van der Waals surface area contributed by atoms with Crippen LogP contribution in [0.2, 0.25) is 0 Å². The van der Waals surface area contributed by atoms with Crippen molar-refractivity contribution in [3.8, 4) is 0 Å². The number of hydrogen-bond acceptors (Lipinski definition) is 15. The first-order chi connectivity index (χ1) is 52.7. The first-order valence-corrected chi connectivity index (χ1v) is 43.7. The Bertz CT molecular complexity index is 2810. The highest BCUT2D eigenvalue weighted by Gasteiger charge is 2.30. The number of unbranched alkanes of at least 4 members (excludes halogenated alkanes) is 16. The lowest BCUT2D eigenvalue weighted by Gasteiger charge is -2.21. The van der Waals surface area contributed by atoms with Crippen molar-refractivity contribution >= 4 is 39.5 Å². The zero-order valence-corrected chi connectivity index (χ0v) is 68.5. The lowest BCUT2D eigenvalue weighted by molar-refractivity contribution is -0.161. The maximum atomic E-state index is 13.1. The predicted octanol–water partition coefficient (Wildman–Crippen LogP) is 24.1. The van der Waals surface area contributed by atoms with E-state index in [2.05, 4.69) is 180 Å². The summed E-state index contributed by atoms with van der Waals surface area (Å²) in [7, 11) is -10.0. The highest BCUT2D eigenvalue weighted by Crippen LogP contribution is 2.45. The Labute approximate surface area is 653 Å². The van der Waals surface area contributed by atoms with Crippen LogP contribution in [0.4, 0.5) is 0 Å². The van der Waals surface area contributed by atoms with Gasteiger partial charge in [0.1, 0.15) is 19.3 Å². The van der Waals surface area contributed by atoms with Gasteiger partial charge in [-0.2, -0.15) is 0 Å². The number of rotatable bonds is 74. The Morgan fingerprint density at radius 2 is 0.509 bits per heavy atom. The summed E-state index contributed by atoms with van der Waals surface area (Å²) in [5.41, 5.74) is 0. The molecule has 0 rings (SSSR count). The SMILES string of the molecule is CC/C=C\C/C=C\C/C=C\C/C=C\C/C=C\C/C=C\CCC(=O)O[C@H](COC(=O)CCCCCCC/C=C\C/C=C\CCCCC)COP(=O)(O)OC[C@H](O)COP(=O)(O)OC[C@@H](COC(=O)CCC/C=C\C/C=C\C/C=C\C/C=C\CCCCC)OC(=O)CCC/C=C\C/C=C\C/C=C\C/C=C\CCCCC. The number of phosphoric acid groups is 2. The van der Waals surface area contributed by atoms with Crippen LogP contribution in [0.3, 0.4) is 0 Å². The lowest BCUT2D eigenvalue weighted by atomic mass is 10.1. The minimum absolute atomic E-state index is 0.00235. The van der Waals surface area contributed by atoms with Gasteiger partial charge in [-0.25, -0.2) is 9.13 Å². The van der Waals surface area contributed by atoms with Gasteiger partial charge in [0, 0.05) is 25.7 Å². The smallest absolute Gasteiger partial charge is 0.462 e. The number of aliphatic hydroxyl groups excluding tert-OH is 1. The molecule has 0 spiro atoms. The van der Waals surface area contributed by atoms with E-state index in [9.17, 15) is 43.2 Å². The molecule has 0 heterocycles. The van der Waals surface area contributed by atoms with Crippen LogP contribution in [-0.4, -0.2) is 96.7 Å². The third-order valence-electron chi connectivity index (χ3n) is 16.0. The van der Waals surface area contributed by atoms with E-state index >= 15 is 0 Å². The van der Waals surface area contributed by atoms with Gasteiger partial charge in [0.25, 0.3) is 0 Å². The van der Waals surface area contributed by atoms with E-state index in [0.717, 1.165) is 128 Å². The van der Waals surface area contributed by atoms with Gasteiger partial charge in [0.2, 0.25) is 0 Å². The Morgan fingerprint density at radius 3 is 0.833 bits per heavy atom. The van der Waals surface area contributed by atoms with Crippen LogP contribution >= 0.6 is 15.6 Å². The van der Waals surface area contributed by atoms with Crippen molar-refractivity contribution in [1.82, 2.24) is 0 Å². The van der Waals surface area contributed by atoms with Crippen molar-refractivity contribution in [3.05, 3.63) is 194 Å². The van der Waals surface area contributed by atoms with Crippen molar-refractivity contribution in [2.45, 2.75) is 303 Å². The van der Waals surface area contributed by atoms with E-state index in [4.69, 9.17) is 37.0 Å². The van der Waals surface area contributed by atoms with Crippen molar-refractivity contribution in [2.75, 3.05) is 39.6 Å². The molecule has 610 valence electrons. The number of carbonyl (C=O) groups excluding carboxylic acids is 4. The average molecular weight is 1550 g/mol. The van der Waals surface area contributed by atoms with Gasteiger partial charge in [-0.05, 0) is 173 Å². The Balaban J connectivity index is 5.58. The summed E-state index contributed by atoms with van der Waals surface area (Å²) in [6.45, 7) is 4.42. The Hall–Kier alpha value is -6.10. The number of phosphoric ester groups is 2. The molecule has 0 aromatic carbocycles. The number of ether oxygens (including phenoxy) is 4. The topological polar surface area (TPSA) is 237 Å². The van der Waals surface area contributed by atoms with Crippen LogP contribution in [0.15, 0.2) is 194 Å². The quantitative estimate of drug-likeness (QED) is 0.0169. The summed E-state index contributed by atoms with van der Waals surface area (Å²) in [6.07, 6.45) is 97.2. The number of carbonyl (C=O) groups is 4.